The smallest absolute Gasteiger partial charge is 0.377 e. The van der Waals surface area contributed by atoms with E-state index < -0.39 is 11.8 Å². The standard InChI is InChI=1S/C11H11BrO5/c1-3-17-8-5-6(9(13)11(14)15)4-7(12)10(8)16-2/h4-5H,3H2,1-2H3,(H,14,15). The van der Waals surface area contributed by atoms with Gasteiger partial charge in [-0.15, -0.1) is 0 Å². The summed E-state index contributed by atoms with van der Waals surface area (Å²) in [6.45, 7) is 2.16. The van der Waals surface area contributed by atoms with Gasteiger partial charge in [-0.25, -0.2) is 4.79 Å². The van der Waals surface area contributed by atoms with Crippen LogP contribution in [0.15, 0.2) is 16.6 Å². The van der Waals surface area contributed by atoms with Gasteiger partial charge in [-0.2, -0.15) is 0 Å². The Hall–Kier alpha value is -1.56. The molecule has 6 heteroatoms. The second-order valence-corrected chi connectivity index (χ2v) is 3.91. The number of benzene rings is 1. The van der Waals surface area contributed by atoms with Gasteiger partial charge < -0.3 is 14.6 Å². The van der Waals surface area contributed by atoms with E-state index >= 15 is 0 Å². The van der Waals surface area contributed by atoms with E-state index in [4.69, 9.17) is 14.6 Å². The van der Waals surface area contributed by atoms with Crippen LogP contribution >= 0.6 is 15.9 Å². The third kappa shape index (κ3) is 2.97. The predicted octanol–water partition coefficient (Wildman–Crippen LogP) is 2.12. The monoisotopic (exact) mass is 302 g/mol. The van der Waals surface area contributed by atoms with Crippen molar-refractivity contribution in [2.75, 3.05) is 13.7 Å². The molecule has 1 N–H and O–H groups in total. The van der Waals surface area contributed by atoms with E-state index in [-0.39, 0.29) is 5.56 Å². The molecule has 0 aliphatic rings. The summed E-state index contributed by atoms with van der Waals surface area (Å²) >= 11 is 3.20. The van der Waals surface area contributed by atoms with Crippen LogP contribution in [0.25, 0.3) is 0 Å². The maximum absolute atomic E-state index is 11.3. The molecule has 0 heterocycles. The number of carboxylic acids is 1. The van der Waals surface area contributed by atoms with Crippen molar-refractivity contribution in [3.8, 4) is 11.5 Å². The second-order valence-electron chi connectivity index (χ2n) is 3.06. The number of methoxy groups -OCH3 is 1. The zero-order valence-corrected chi connectivity index (χ0v) is 10.9. The Labute approximate surface area is 106 Å². The van der Waals surface area contributed by atoms with Crippen LogP contribution in [0, 0.1) is 0 Å². The summed E-state index contributed by atoms with van der Waals surface area (Å²) in [6.07, 6.45) is 0. The molecular formula is C11H11BrO5. The first-order chi connectivity index (χ1) is 8.01. The first-order valence-electron chi connectivity index (χ1n) is 4.79. The number of ether oxygens (including phenoxy) is 2. The Bertz CT molecular complexity index is 455. The zero-order chi connectivity index (χ0) is 13.0. The molecule has 0 aromatic heterocycles. The SMILES string of the molecule is CCOc1cc(C(=O)C(=O)O)cc(Br)c1OC. The maximum atomic E-state index is 11.3. The minimum atomic E-state index is -1.51. The molecule has 1 aromatic carbocycles. The van der Waals surface area contributed by atoms with Crippen LogP contribution in [0.1, 0.15) is 17.3 Å². The van der Waals surface area contributed by atoms with E-state index in [1.807, 2.05) is 0 Å². The normalized spacial score (nSPS) is 9.82. The van der Waals surface area contributed by atoms with Gasteiger partial charge >= 0.3 is 5.97 Å². The molecule has 0 amide bonds. The number of hydrogen-bond acceptors (Lipinski definition) is 4. The first-order valence-corrected chi connectivity index (χ1v) is 5.58. The Morgan fingerprint density at radius 3 is 2.53 bits per heavy atom. The largest absolute Gasteiger partial charge is 0.492 e. The van der Waals surface area contributed by atoms with E-state index in [2.05, 4.69) is 15.9 Å². The first kappa shape index (κ1) is 13.5. The van der Waals surface area contributed by atoms with E-state index in [1.165, 1.54) is 19.2 Å². The molecule has 0 unspecified atom stereocenters. The third-order valence-corrected chi connectivity index (χ3v) is 2.56. The minimum Gasteiger partial charge on any atom is -0.492 e. The van der Waals surface area contributed by atoms with Gasteiger partial charge in [0.2, 0.25) is 0 Å². The van der Waals surface area contributed by atoms with Gasteiger partial charge in [-0.3, -0.25) is 4.79 Å². The van der Waals surface area contributed by atoms with Gasteiger partial charge in [0.15, 0.2) is 11.5 Å². The molecule has 5 nitrogen and oxygen atoms in total. The van der Waals surface area contributed by atoms with Crippen molar-refractivity contribution in [2.45, 2.75) is 6.92 Å². The molecule has 0 saturated carbocycles. The molecular weight excluding hydrogens is 292 g/mol. The molecule has 0 spiro atoms. The predicted molar refractivity (Wildman–Crippen MR) is 63.8 cm³/mol. The van der Waals surface area contributed by atoms with Crippen LogP contribution in [0.2, 0.25) is 0 Å². The fourth-order valence-electron chi connectivity index (χ4n) is 1.28. The molecule has 1 rings (SSSR count). The number of Topliss-reactive ketones (excluding diaryl/α,β-unsaturated/α-hetero) is 1. The lowest BCUT2D eigenvalue weighted by Gasteiger charge is -2.12. The van der Waals surface area contributed by atoms with Crippen LogP contribution in [-0.4, -0.2) is 30.6 Å². The van der Waals surface area contributed by atoms with Gasteiger partial charge in [0, 0.05) is 5.56 Å². The quantitative estimate of drug-likeness (QED) is 0.666. The van der Waals surface area contributed by atoms with Gasteiger partial charge in [0.05, 0.1) is 18.2 Å². The van der Waals surface area contributed by atoms with Crippen molar-refractivity contribution in [3.05, 3.63) is 22.2 Å². The number of carbonyl (C=O) groups is 2. The summed E-state index contributed by atoms with van der Waals surface area (Å²) in [5.41, 5.74) is 0.0358. The highest BCUT2D eigenvalue weighted by atomic mass is 79.9. The summed E-state index contributed by atoms with van der Waals surface area (Å²) in [4.78, 5) is 21.9. The molecule has 0 atom stereocenters. The molecule has 0 radical (unpaired) electrons. The Balaban J connectivity index is 3.28. The van der Waals surface area contributed by atoms with Gasteiger partial charge in [0.25, 0.3) is 5.78 Å². The molecule has 0 bridgehead atoms. The van der Waals surface area contributed by atoms with Crippen molar-refractivity contribution in [2.24, 2.45) is 0 Å². The Morgan fingerprint density at radius 1 is 1.41 bits per heavy atom. The highest BCUT2D eigenvalue weighted by Gasteiger charge is 2.19. The topological polar surface area (TPSA) is 72.8 Å². The van der Waals surface area contributed by atoms with E-state index in [1.54, 1.807) is 6.92 Å². The fourth-order valence-corrected chi connectivity index (χ4v) is 1.89. The molecule has 0 aliphatic heterocycles. The third-order valence-electron chi connectivity index (χ3n) is 1.97. The number of carbonyl (C=O) groups excluding carboxylic acids is 1. The number of carboxylic acid groups (broad SMARTS) is 1. The molecule has 0 aliphatic carbocycles. The van der Waals surface area contributed by atoms with Crippen molar-refractivity contribution in [1.29, 1.82) is 0 Å². The van der Waals surface area contributed by atoms with Crippen LogP contribution in [0.4, 0.5) is 0 Å². The summed E-state index contributed by atoms with van der Waals surface area (Å²) in [5, 5.41) is 8.64. The molecule has 1 aromatic rings. The Kier molecular flexibility index (Phi) is 4.51. The summed E-state index contributed by atoms with van der Waals surface area (Å²) in [6, 6.07) is 2.74. The van der Waals surface area contributed by atoms with Gasteiger partial charge in [-0.1, -0.05) is 0 Å². The lowest BCUT2D eigenvalue weighted by Crippen LogP contribution is -2.13. The lowest BCUT2D eigenvalue weighted by atomic mass is 10.1. The zero-order valence-electron chi connectivity index (χ0n) is 9.32. The van der Waals surface area contributed by atoms with Gasteiger partial charge in [0.1, 0.15) is 0 Å². The molecule has 0 fully saturated rings. The second kappa shape index (κ2) is 5.67. The van der Waals surface area contributed by atoms with E-state index in [9.17, 15) is 9.59 Å². The highest BCUT2D eigenvalue weighted by Crippen LogP contribution is 2.36. The number of rotatable bonds is 5. The summed E-state index contributed by atoms with van der Waals surface area (Å²) < 4.78 is 10.8. The molecule has 0 saturated heterocycles. The summed E-state index contributed by atoms with van der Waals surface area (Å²) in [7, 11) is 1.46. The highest BCUT2D eigenvalue weighted by molar-refractivity contribution is 9.10. The molecule has 92 valence electrons. The van der Waals surface area contributed by atoms with Crippen molar-refractivity contribution >= 4 is 27.7 Å². The van der Waals surface area contributed by atoms with Crippen molar-refractivity contribution in [1.82, 2.24) is 0 Å². The van der Waals surface area contributed by atoms with Crippen molar-refractivity contribution in [3.63, 3.8) is 0 Å². The van der Waals surface area contributed by atoms with Crippen molar-refractivity contribution < 1.29 is 24.2 Å². The average molecular weight is 303 g/mol. The average Bonchev–Trinajstić information content (AvgIpc) is 2.28. The van der Waals surface area contributed by atoms with Gasteiger partial charge in [-0.05, 0) is 35.0 Å². The molecule has 17 heavy (non-hydrogen) atoms. The maximum Gasteiger partial charge on any atom is 0.377 e. The van der Waals surface area contributed by atoms with E-state index in [0.29, 0.717) is 22.6 Å². The fraction of sp³-hybridized carbons (Fsp3) is 0.273. The minimum absolute atomic E-state index is 0.0358. The van der Waals surface area contributed by atoms with E-state index in [0.717, 1.165) is 0 Å². The summed E-state index contributed by atoms with van der Waals surface area (Å²) in [5.74, 6) is -1.75. The lowest BCUT2D eigenvalue weighted by molar-refractivity contribution is -0.131. The van der Waals surface area contributed by atoms with Crippen LogP contribution in [0.5, 0.6) is 11.5 Å². The number of hydrogen-bond donors (Lipinski definition) is 1. The van der Waals surface area contributed by atoms with Crippen LogP contribution < -0.4 is 9.47 Å². The number of aliphatic carboxylic acids is 1. The number of ketones is 1. The Morgan fingerprint density at radius 2 is 2.06 bits per heavy atom. The van der Waals surface area contributed by atoms with Crippen LogP contribution in [-0.2, 0) is 4.79 Å². The number of halogens is 1. The van der Waals surface area contributed by atoms with Crippen LogP contribution in [0.3, 0.4) is 0 Å².